The molecule has 0 aliphatic carbocycles. The Bertz CT molecular complexity index is 768. The Balaban J connectivity index is 2.52. The monoisotopic (exact) mass is 331 g/mol. The van der Waals surface area contributed by atoms with Gasteiger partial charge in [-0.25, -0.2) is 4.68 Å². The van der Waals surface area contributed by atoms with Crippen LogP contribution in [-0.4, -0.2) is 36.5 Å². The smallest absolute Gasteiger partial charge is 0.271 e. The van der Waals surface area contributed by atoms with Crippen LogP contribution in [-0.2, 0) is 4.79 Å². The number of nitrogens with one attached hydrogen (secondary N) is 1. The van der Waals surface area contributed by atoms with Gasteiger partial charge in [0, 0.05) is 18.2 Å². The highest BCUT2D eigenvalue weighted by Gasteiger charge is 2.20. The number of nitrogens with zero attached hydrogens (tertiary/aromatic N) is 2. The van der Waals surface area contributed by atoms with Crippen LogP contribution < -0.4 is 20.3 Å². The number of carbonyl (C=O) groups excluding carboxylic acids is 1. The van der Waals surface area contributed by atoms with Crippen molar-refractivity contribution in [2.75, 3.05) is 20.8 Å². The molecular weight excluding hydrogens is 310 g/mol. The number of benzene rings is 1. The maximum Gasteiger partial charge on any atom is 0.271 e. The fourth-order valence-electron chi connectivity index (χ4n) is 2.27. The van der Waals surface area contributed by atoms with Crippen LogP contribution in [0.5, 0.6) is 11.5 Å². The van der Waals surface area contributed by atoms with Gasteiger partial charge < -0.3 is 14.8 Å². The Morgan fingerprint density at radius 2 is 1.92 bits per heavy atom. The van der Waals surface area contributed by atoms with Gasteiger partial charge in [0.2, 0.25) is 5.91 Å². The highest BCUT2D eigenvalue weighted by atomic mass is 16.5. The molecule has 0 saturated carbocycles. The van der Waals surface area contributed by atoms with Crippen LogP contribution in [0.2, 0.25) is 0 Å². The van der Waals surface area contributed by atoms with Crippen LogP contribution in [0, 0.1) is 0 Å². The molecule has 1 heterocycles. The van der Waals surface area contributed by atoms with Crippen molar-refractivity contribution < 1.29 is 14.3 Å². The lowest BCUT2D eigenvalue weighted by atomic mass is 10.1. The van der Waals surface area contributed by atoms with Gasteiger partial charge >= 0.3 is 0 Å². The van der Waals surface area contributed by atoms with Crippen LogP contribution in [0.1, 0.15) is 19.9 Å². The second-order valence-electron chi connectivity index (χ2n) is 5.14. The summed E-state index contributed by atoms with van der Waals surface area (Å²) in [7, 11) is 3.06. The number of amides is 1. The van der Waals surface area contributed by atoms with E-state index in [1.165, 1.54) is 13.2 Å². The number of rotatable bonds is 6. The molecule has 0 fully saturated rings. The largest absolute Gasteiger partial charge is 0.497 e. The lowest BCUT2D eigenvalue weighted by molar-refractivity contribution is -0.124. The molecule has 2 rings (SSSR count). The molecule has 128 valence electrons. The van der Waals surface area contributed by atoms with E-state index >= 15 is 0 Å². The normalized spacial score (nSPS) is 11.7. The molecule has 2 aromatic rings. The van der Waals surface area contributed by atoms with Gasteiger partial charge in [-0.1, -0.05) is 0 Å². The first-order valence-corrected chi connectivity index (χ1v) is 7.61. The van der Waals surface area contributed by atoms with Gasteiger partial charge in [0.25, 0.3) is 5.56 Å². The fraction of sp³-hybridized carbons (Fsp3) is 0.353. The van der Waals surface area contributed by atoms with E-state index in [0.29, 0.717) is 23.7 Å². The summed E-state index contributed by atoms with van der Waals surface area (Å²) in [5.74, 6) is 0.796. The molecule has 1 N–H and O–H groups in total. The highest BCUT2D eigenvalue weighted by molar-refractivity contribution is 5.79. The average Bonchev–Trinajstić information content (AvgIpc) is 2.61. The molecule has 1 aromatic heterocycles. The van der Waals surface area contributed by atoms with Gasteiger partial charge in [-0.2, -0.15) is 5.10 Å². The van der Waals surface area contributed by atoms with Gasteiger partial charge in [-0.15, -0.1) is 0 Å². The molecule has 0 bridgehead atoms. The molecule has 0 aliphatic heterocycles. The molecular formula is C17H21N3O4. The van der Waals surface area contributed by atoms with E-state index < -0.39 is 11.6 Å². The number of aromatic nitrogens is 2. The van der Waals surface area contributed by atoms with Crippen molar-refractivity contribution in [2.24, 2.45) is 0 Å². The van der Waals surface area contributed by atoms with E-state index in [-0.39, 0.29) is 5.91 Å². The summed E-state index contributed by atoms with van der Waals surface area (Å²) >= 11 is 0. The first-order valence-electron chi connectivity index (χ1n) is 7.61. The minimum Gasteiger partial charge on any atom is -0.497 e. The summed E-state index contributed by atoms with van der Waals surface area (Å²) in [4.78, 5) is 24.3. The van der Waals surface area contributed by atoms with Gasteiger partial charge in [-0.3, -0.25) is 9.59 Å². The fourth-order valence-corrected chi connectivity index (χ4v) is 2.27. The van der Waals surface area contributed by atoms with E-state index in [2.05, 4.69) is 10.4 Å². The Morgan fingerprint density at radius 1 is 1.25 bits per heavy atom. The van der Waals surface area contributed by atoms with Crippen molar-refractivity contribution in [3.05, 3.63) is 40.7 Å². The van der Waals surface area contributed by atoms with Gasteiger partial charge in [0.15, 0.2) is 5.75 Å². The van der Waals surface area contributed by atoms with Crippen LogP contribution in [0.4, 0.5) is 0 Å². The summed E-state index contributed by atoms with van der Waals surface area (Å²) in [5.41, 5.74) is 0.836. The first-order chi connectivity index (χ1) is 11.5. The predicted octanol–water partition coefficient (Wildman–Crippen LogP) is 1.62. The van der Waals surface area contributed by atoms with Crippen molar-refractivity contribution in [3.8, 4) is 22.8 Å². The van der Waals surface area contributed by atoms with Gasteiger partial charge in [-0.05, 0) is 38.1 Å². The number of ether oxygens (including phenoxy) is 2. The lowest BCUT2D eigenvalue weighted by Crippen LogP contribution is -2.37. The van der Waals surface area contributed by atoms with Gasteiger partial charge in [0.1, 0.15) is 17.5 Å². The third-order valence-electron chi connectivity index (χ3n) is 3.60. The molecule has 1 atom stereocenters. The van der Waals surface area contributed by atoms with E-state index in [1.54, 1.807) is 26.2 Å². The summed E-state index contributed by atoms with van der Waals surface area (Å²) < 4.78 is 11.6. The zero-order chi connectivity index (χ0) is 17.7. The standard InChI is InChI=1S/C17H21N3O4/c1-5-18-17(22)11(2)20-15(21)10-14(24-4)16(19-20)12-6-8-13(23-3)9-7-12/h6-11H,5H2,1-4H3,(H,18,22)/t11-/m0/s1. The second-order valence-corrected chi connectivity index (χ2v) is 5.14. The number of hydrogen-bond donors (Lipinski definition) is 1. The second kappa shape index (κ2) is 7.63. The highest BCUT2D eigenvalue weighted by Crippen LogP contribution is 2.28. The maximum absolute atomic E-state index is 12.3. The molecule has 0 radical (unpaired) electrons. The topological polar surface area (TPSA) is 82.5 Å². The van der Waals surface area contributed by atoms with Crippen LogP contribution in [0.15, 0.2) is 35.1 Å². The minimum atomic E-state index is -0.722. The Labute approximate surface area is 140 Å². The van der Waals surface area contributed by atoms with Gasteiger partial charge in [0.05, 0.1) is 14.2 Å². The molecule has 1 aromatic carbocycles. The lowest BCUT2D eigenvalue weighted by Gasteiger charge is -2.16. The minimum absolute atomic E-state index is 0.266. The third-order valence-corrected chi connectivity index (χ3v) is 3.60. The summed E-state index contributed by atoms with van der Waals surface area (Å²) in [6.07, 6.45) is 0. The first kappa shape index (κ1) is 17.5. The predicted molar refractivity (Wildman–Crippen MR) is 90.4 cm³/mol. The number of methoxy groups -OCH3 is 2. The molecule has 0 spiro atoms. The summed E-state index contributed by atoms with van der Waals surface area (Å²) in [6, 6.07) is 7.82. The quantitative estimate of drug-likeness (QED) is 0.870. The Kier molecular flexibility index (Phi) is 5.57. The number of likely N-dealkylation sites (N-methyl/N-ethyl adjacent to an activating group) is 1. The zero-order valence-electron chi connectivity index (χ0n) is 14.2. The summed E-state index contributed by atoms with van der Waals surface area (Å²) in [5, 5.41) is 7.04. The molecule has 0 saturated heterocycles. The van der Waals surface area contributed by atoms with E-state index in [4.69, 9.17) is 9.47 Å². The van der Waals surface area contributed by atoms with Crippen LogP contribution >= 0.6 is 0 Å². The third kappa shape index (κ3) is 3.56. The van der Waals surface area contributed by atoms with E-state index in [9.17, 15) is 9.59 Å². The van der Waals surface area contributed by atoms with Crippen molar-refractivity contribution in [1.82, 2.24) is 15.1 Å². The van der Waals surface area contributed by atoms with Crippen molar-refractivity contribution in [2.45, 2.75) is 19.9 Å². The van der Waals surface area contributed by atoms with Crippen LogP contribution in [0.25, 0.3) is 11.3 Å². The Hall–Kier alpha value is -2.83. The van der Waals surface area contributed by atoms with Crippen molar-refractivity contribution >= 4 is 5.91 Å². The zero-order valence-corrected chi connectivity index (χ0v) is 14.2. The molecule has 24 heavy (non-hydrogen) atoms. The maximum atomic E-state index is 12.3. The molecule has 7 heteroatoms. The Morgan fingerprint density at radius 3 is 2.46 bits per heavy atom. The summed E-state index contributed by atoms with van der Waals surface area (Å²) in [6.45, 7) is 3.93. The molecule has 7 nitrogen and oxygen atoms in total. The van der Waals surface area contributed by atoms with Crippen LogP contribution in [0.3, 0.4) is 0 Å². The van der Waals surface area contributed by atoms with Crippen molar-refractivity contribution in [1.29, 1.82) is 0 Å². The average molecular weight is 331 g/mol. The number of hydrogen-bond acceptors (Lipinski definition) is 5. The van der Waals surface area contributed by atoms with E-state index in [1.807, 2.05) is 19.1 Å². The molecule has 1 amide bonds. The van der Waals surface area contributed by atoms with E-state index in [0.717, 1.165) is 10.2 Å². The van der Waals surface area contributed by atoms with Crippen molar-refractivity contribution in [3.63, 3.8) is 0 Å². The SMILES string of the molecule is CCNC(=O)[C@H](C)n1nc(-c2ccc(OC)cc2)c(OC)cc1=O. The molecule has 0 unspecified atom stereocenters. The molecule has 0 aliphatic rings. The number of carbonyl (C=O) groups is 1.